The van der Waals surface area contributed by atoms with E-state index in [1.54, 1.807) is 6.20 Å². The normalized spacial score (nSPS) is 10.8. The first-order valence-corrected chi connectivity index (χ1v) is 8.56. The van der Waals surface area contributed by atoms with Gasteiger partial charge in [0.25, 0.3) is 0 Å². The number of nitroso groups, excluding NO2 is 1. The Hall–Kier alpha value is -3.94. The Balaban J connectivity index is 1.75. The molecule has 0 fully saturated rings. The lowest BCUT2D eigenvalue weighted by atomic mass is 10.1. The van der Waals surface area contributed by atoms with Crippen molar-refractivity contribution < 1.29 is 4.74 Å². The van der Waals surface area contributed by atoms with E-state index in [1.165, 1.54) is 19.2 Å². The van der Waals surface area contributed by atoms with Crippen molar-refractivity contribution in [1.82, 2.24) is 14.5 Å². The summed E-state index contributed by atoms with van der Waals surface area (Å²) < 4.78 is 7.39. The average molecular weight is 374 g/mol. The quantitative estimate of drug-likeness (QED) is 0.397. The molecule has 8 heteroatoms. The molecule has 28 heavy (non-hydrogen) atoms. The molecular formula is C20H18N6O2. The van der Waals surface area contributed by atoms with Gasteiger partial charge < -0.3 is 20.4 Å². The smallest absolute Gasteiger partial charge is 0.227 e. The van der Waals surface area contributed by atoms with Crippen LogP contribution < -0.4 is 15.8 Å². The molecule has 0 aliphatic rings. The average Bonchev–Trinajstić information content (AvgIpc) is 3.06. The van der Waals surface area contributed by atoms with E-state index in [1.807, 2.05) is 31.4 Å². The van der Waals surface area contributed by atoms with Crippen LogP contribution in [0.25, 0.3) is 22.2 Å². The Kier molecular flexibility index (Phi) is 4.36. The molecule has 3 N–H and O–H groups in total. The zero-order chi connectivity index (χ0) is 19.7. The van der Waals surface area contributed by atoms with Crippen LogP contribution in [0.5, 0.6) is 5.75 Å². The van der Waals surface area contributed by atoms with E-state index < -0.39 is 0 Å². The molecule has 0 spiro atoms. The molecule has 0 bridgehead atoms. The largest absolute Gasteiger partial charge is 0.494 e. The minimum Gasteiger partial charge on any atom is -0.494 e. The maximum absolute atomic E-state index is 11.0. The lowest BCUT2D eigenvalue weighted by molar-refractivity contribution is 0.417. The van der Waals surface area contributed by atoms with E-state index in [4.69, 9.17) is 10.5 Å². The molecule has 4 rings (SSSR count). The third-order valence-electron chi connectivity index (χ3n) is 4.52. The van der Waals surface area contributed by atoms with Gasteiger partial charge in [0, 0.05) is 42.0 Å². The second-order valence-corrected chi connectivity index (χ2v) is 6.26. The summed E-state index contributed by atoms with van der Waals surface area (Å²) in [6.45, 7) is 0. The number of aromatic nitrogens is 3. The Morgan fingerprint density at radius 2 is 2.04 bits per heavy atom. The number of nitrogens with two attached hydrogens (primary N) is 1. The van der Waals surface area contributed by atoms with Crippen molar-refractivity contribution in [3.8, 4) is 17.0 Å². The SMILES string of the molecule is COc1cc(N)c(N=O)cc1Nc1nccc(-c2cn(C)c3ccccc23)n1. The first kappa shape index (κ1) is 17.5. The van der Waals surface area contributed by atoms with Gasteiger partial charge in [0.1, 0.15) is 11.4 Å². The number of methoxy groups -OCH3 is 1. The van der Waals surface area contributed by atoms with Gasteiger partial charge in [0.2, 0.25) is 5.95 Å². The van der Waals surface area contributed by atoms with Crippen LogP contribution in [0, 0.1) is 4.91 Å². The van der Waals surface area contributed by atoms with Gasteiger partial charge >= 0.3 is 0 Å². The number of nitrogens with zero attached hydrogens (tertiary/aromatic N) is 4. The number of fused-ring (bicyclic) bond motifs is 1. The molecule has 8 nitrogen and oxygen atoms in total. The second-order valence-electron chi connectivity index (χ2n) is 6.26. The minimum absolute atomic E-state index is 0.119. The Labute approximate surface area is 161 Å². The lowest BCUT2D eigenvalue weighted by Gasteiger charge is -2.12. The number of hydrogen-bond donors (Lipinski definition) is 2. The van der Waals surface area contributed by atoms with E-state index in [0.717, 1.165) is 22.2 Å². The van der Waals surface area contributed by atoms with Crippen molar-refractivity contribution in [3.05, 3.63) is 59.8 Å². The zero-order valence-electron chi connectivity index (χ0n) is 15.4. The number of anilines is 3. The van der Waals surface area contributed by atoms with Crippen LogP contribution in [-0.4, -0.2) is 21.6 Å². The van der Waals surface area contributed by atoms with Crippen LogP contribution in [0.4, 0.5) is 23.0 Å². The second kappa shape index (κ2) is 6.99. The van der Waals surface area contributed by atoms with Crippen LogP contribution in [0.3, 0.4) is 0 Å². The summed E-state index contributed by atoms with van der Waals surface area (Å²) in [5.74, 6) is 0.828. The highest BCUT2D eigenvalue weighted by atomic mass is 16.5. The molecule has 2 aromatic heterocycles. The summed E-state index contributed by atoms with van der Waals surface area (Å²) in [5, 5.41) is 7.12. The van der Waals surface area contributed by atoms with Gasteiger partial charge in [0.05, 0.1) is 24.2 Å². The molecule has 0 atom stereocenters. The Morgan fingerprint density at radius 3 is 2.82 bits per heavy atom. The molecule has 0 amide bonds. The van der Waals surface area contributed by atoms with E-state index in [0.29, 0.717) is 17.4 Å². The minimum atomic E-state index is 0.119. The van der Waals surface area contributed by atoms with Gasteiger partial charge in [-0.2, -0.15) is 0 Å². The van der Waals surface area contributed by atoms with E-state index in [-0.39, 0.29) is 11.4 Å². The number of nitrogens with one attached hydrogen (secondary N) is 1. The van der Waals surface area contributed by atoms with Gasteiger partial charge in [-0.3, -0.25) is 0 Å². The maximum Gasteiger partial charge on any atom is 0.227 e. The van der Waals surface area contributed by atoms with Crippen LogP contribution in [0.2, 0.25) is 0 Å². The third kappa shape index (κ3) is 3.01. The van der Waals surface area contributed by atoms with E-state index in [9.17, 15) is 4.91 Å². The lowest BCUT2D eigenvalue weighted by Crippen LogP contribution is -2.01. The third-order valence-corrected chi connectivity index (χ3v) is 4.52. The highest BCUT2D eigenvalue weighted by Gasteiger charge is 2.13. The highest BCUT2D eigenvalue weighted by molar-refractivity contribution is 5.95. The molecule has 140 valence electrons. The Bertz CT molecular complexity index is 1180. The summed E-state index contributed by atoms with van der Waals surface area (Å²) in [6.07, 6.45) is 3.71. The number of benzene rings is 2. The molecule has 0 aliphatic heterocycles. The predicted octanol–water partition coefficient (Wildman–Crippen LogP) is 4.37. The zero-order valence-corrected chi connectivity index (χ0v) is 15.4. The molecular weight excluding hydrogens is 356 g/mol. The fourth-order valence-electron chi connectivity index (χ4n) is 3.16. The maximum atomic E-state index is 11.0. The van der Waals surface area contributed by atoms with Crippen molar-refractivity contribution in [2.45, 2.75) is 0 Å². The van der Waals surface area contributed by atoms with Crippen molar-refractivity contribution >= 4 is 33.9 Å². The first-order chi connectivity index (χ1) is 13.6. The van der Waals surface area contributed by atoms with Crippen LogP contribution in [-0.2, 0) is 7.05 Å². The van der Waals surface area contributed by atoms with Crippen LogP contribution in [0.1, 0.15) is 0 Å². The van der Waals surface area contributed by atoms with Gasteiger partial charge in [-0.05, 0) is 23.4 Å². The molecule has 0 aliphatic carbocycles. The molecule has 0 saturated carbocycles. The van der Waals surface area contributed by atoms with Gasteiger partial charge in [0.15, 0.2) is 0 Å². The summed E-state index contributed by atoms with van der Waals surface area (Å²) >= 11 is 0. The summed E-state index contributed by atoms with van der Waals surface area (Å²) in [6, 6.07) is 13.0. The Morgan fingerprint density at radius 1 is 1.21 bits per heavy atom. The summed E-state index contributed by atoms with van der Waals surface area (Å²) in [5.41, 5.74) is 9.55. The fourth-order valence-corrected chi connectivity index (χ4v) is 3.16. The number of rotatable bonds is 5. The monoisotopic (exact) mass is 374 g/mol. The van der Waals surface area contributed by atoms with Gasteiger partial charge in [-0.25, -0.2) is 9.97 Å². The molecule has 2 aromatic carbocycles. The van der Waals surface area contributed by atoms with Crippen molar-refractivity contribution in [3.63, 3.8) is 0 Å². The number of hydrogen-bond acceptors (Lipinski definition) is 7. The number of nitrogen functional groups attached to an aromatic ring is 1. The van der Waals surface area contributed by atoms with Crippen molar-refractivity contribution in [1.29, 1.82) is 0 Å². The van der Waals surface area contributed by atoms with Gasteiger partial charge in [-0.15, -0.1) is 4.91 Å². The summed E-state index contributed by atoms with van der Waals surface area (Å²) in [4.78, 5) is 19.9. The standard InChI is InChI=1S/C20H18N6O2/c1-26-11-13(12-5-3-4-6-18(12)26)15-7-8-22-20(23-15)24-17-10-16(25-27)14(21)9-19(17)28-2/h3-11H,21H2,1-2H3,(H,22,23,24). The van der Waals surface area contributed by atoms with E-state index in [2.05, 4.69) is 37.2 Å². The molecule has 2 heterocycles. The summed E-state index contributed by atoms with van der Waals surface area (Å²) in [7, 11) is 3.51. The molecule has 0 radical (unpaired) electrons. The molecule has 4 aromatic rings. The topological polar surface area (TPSA) is 107 Å². The van der Waals surface area contributed by atoms with Crippen LogP contribution >= 0.6 is 0 Å². The number of para-hydroxylation sites is 1. The van der Waals surface area contributed by atoms with Gasteiger partial charge in [-0.1, -0.05) is 18.2 Å². The molecule has 0 unspecified atom stereocenters. The molecule has 0 saturated heterocycles. The number of aryl methyl sites for hydroxylation is 1. The predicted molar refractivity (Wildman–Crippen MR) is 110 cm³/mol. The fraction of sp³-hybridized carbons (Fsp3) is 0.100. The highest BCUT2D eigenvalue weighted by Crippen LogP contribution is 2.36. The first-order valence-electron chi connectivity index (χ1n) is 8.56. The number of ether oxygens (including phenoxy) is 1. The van der Waals surface area contributed by atoms with Crippen molar-refractivity contribution in [2.24, 2.45) is 12.2 Å². The van der Waals surface area contributed by atoms with Crippen molar-refractivity contribution in [2.75, 3.05) is 18.2 Å². The van der Waals surface area contributed by atoms with E-state index >= 15 is 0 Å². The van der Waals surface area contributed by atoms with Crippen LogP contribution in [0.15, 0.2) is 60.0 Å².